The number of hydrogen-bond donors (Lipinski definition) is 1. The fraction of sp³-hybridized carbons (Fsp3) is 0.333. The van der Waals surface area contributed by atoms with Crippen LogP contribution in [0.25, 0.3) is 11.0 Å². The van der Waals surface area contributed by atoms with Crippen LogP contribution in [0.4, 0.5) is 11.5 Å². The number of rotatable bonds is 5. The first-order valence-electron chi connectivity index (χ1n) is 8.51. The number of methoxy groups -OCH3 is 1. The number of fused-ring (bicyclic) bond motifs is 1. The zero-order chi connectivity index (χ0) is 17.9. The van der Waals surface area contributed by atoms with Gasteiger partial charge in [-0.2, -0.15) is 0 Å². The second-order valence-corrected chi connectivity index (χ2v) is 6.17. The van der Waals surface area contributed by atoms with Gasteiger partial charge in [0, 0.05) is 18.5 Å². The molecule has 8 nitrogen and oxygen atoms in total. The van der Waals surface area contributed by atoms with E-state index in [1.807, 2.05) is 6.07 Å². The fourth-order valence-electron chi connectivity index (χ4n) is 3.16. The van der Waals surface area contributed by atoms with Gasteiger partial charge < -0.3 is 19.5 Å². The van der Waals surface area contributed by atoms with Crippen LogP contribution < -0.4 is 15.0 Å². The number of nitrogens with one attached hydrogen (secondary N) is 1. The van der Waals surface area contributed by atoms with Crippen molar-refractivity contribution in [2.24, 2.45) is 0 Å². The Morgan fingerprint density at radius 3 is 3.00 bits per heavy atom. The summed E-state index contributed by atoms with van der Waals surface area (Å²) in [4.78, 5) is 23.1. The van der Waals surface area contributed by atoms with Gasteiger partial charge in [0.05, 0.1) is 19.7 Å². The van der Waals surface area contributed by atoms with Crippen molar-refractivity contribution in [1.29, 1.82) is 0 Å². The van der Waals surface area contributed by atoms with Crippen molar-refractivity contribution in [3.8, 4) is 5.75 Å². The van der Waals surface area contributed by atoms with Crippen LogP contribution in [0.2, 0.25) is 0 Å². The van der Waals surface area contributed by atoms with Crippen molar-refractivity contribution in [3.05, 3.63) is 36.4 Å². The number of nitrogens with zero attached hydrogens (tertiary/aromatic N) is 4. The molecule has 1 fully saturated rings. The van der Waals surface area contributed by atoms with Crippen molar-refractivity contribution < 1.29 is 14.1 Å². The molecule has 8 heteroatoms. The average Bonchev–Trinajstić information content (AvgIpc) is 3.32. The van der Waals surface area contributed by atoms with Crippen LogP contribution in [0.15, 0.2) is 35.2 Å². The summed E-state index contributed by atoms with van der Waals surface area (Å²) in [6, 6.07) is 5.38. The third-order valence-electron chi connectivity index (χ3n) is 4.45. The molecule has 26 heavy (non-hydrogen) atoms. The number of ether oxygens (including phenoxy) is 1. The largest absolute Gasteiger partial charge is 0.497 e. The van der Waals surface area contributed by atoms with Crippen molar-refractivity contribution in [1.82, 2.24) is 15.1 Å². The smallest absolute Gasteiger partial charge is 0.230 e. The number of benzene rings is 1. The summed E-state index contributed by atoms with van der Waals surface area (Å²) in [5.74, 6) is 1.26. The molecule has 1 amide bonds. The van der Waals surface area contributed by atoms with Crippen molar-refractivity contribution in [2.75, 3.05) is 30.4 Å². The van der Waals surface area contributed by atoms with E-state index < -0.39 is 0 Å². The summed E-state index contributed by atoms with van der Waals surface area (Å²) in [6.07, 6.45) is 5.48. The topological polar surface area (TPSA) is 93.4 Å². The predicted octanol–water partition coefficient (Wildman–Crippen LogP) is 2.41. The zero-order valence-electron chi connectivity index (χ0n) is 14.4. The first-order chi connectivity index (χ1) is 12.7. The molecule has 1 N–H and O–H groups in total. The normalized spacial score (nSPS) is 14.0. The lowest BCUT2D eigenvalue weighted by Gasteiger charge is -2.19. The van der Waals surface area contributed by atoms with Gasteiger partial charge in [0.1, 0.15) is 23.5 Å². The van der Waals surface area contributed by atoms with E-state index in [9.17, 15) is 4.79 Å². The van der Waals surface area contributed by atoms with Gasteiger partial charge in [-0.25, -0.2) is 9.97 Å². The van der Waals surface area contributed by atoms with Gasteiger partial charge in [0.25, 0.3) is 0 Å². The van der Waals surface area contributed by atoms with Crippen LogP contribution in [0.5, 0.6) is 5.75 Å². The lowest BCUT2D eigenvalue weighted by molar-refractivity contribution is -0.115. The highest BCUT2D eigenvalue weighted by atomic mass is 16.5. The minimum absolute atomic E-state index is 0.0918. The highest BCUT2D eigenvalue weighted by Crippen LogP contribution is 2.27. The van der Waals surface area contributed by atoms with Crippen molar-refractivity contribution in [2.45, 2.75) is 19.3 Å². The molecular formula is C18H19N5O3. The number of hydrogen-bond acceptors (Lipinski definition) is 7. The van der Waals surface area contributed by atoms with Gasteiger partial charge in [-0.05, 0) is 31.0 Å². The summed E-state index contributed by atoms with van der Waals surface area (Å²) in [5, 5.41) is 7.69. The van der Waals surface area contributed by atoms with Gasteiger partial charge in [-0.15, -0.1) is 0 Å². The zero-order valence-corrected chi connectivity index (χ0v) is 14.4. The maximum Gasteiger partial charge on any atom is 0.230 e. The summed E-state index contributed by atoms with van der Waals surface area (Å²) in [5.41, 5.74) is 1.80. The molecule has 0 bridgehead atoms. The van der Waals surface area contributed by atoms with E-state index in [4.69, 9.17) is 9.26 Å². The standard InChI is InChI=1S/C18H19N5O3/c1-25-12-4-5-16-13(8-12)14(22-26-16)9-17(24)21-15-10-19-11-20-18(15)23-6-2-3-7-23/h4-5,8,10-11H,2-3,6-7,9H2,1H3,(H,21,24). The number of carbonyl (C=O) groups is 1. The van der Waals surface area contributed by atoms with Gasteiger partial charge >= 0.3 is 0 Å². The van der Waals surface area contributed by atoms with E-state index in [1.165, 1.54) is 6.33 Å². The molecule has 3 heterocycles. The van der Waals surface area contributed by atoms with Crippen LogP contribution in [0.3, 0.4) is 0 Å². The molecule has 134 valence electrons. The van der Waals surface area contributed by atoms with E-state index >= 15 is 0 Å². The van der Waals surface area contributed by atoms with Gasteiger partial charge in [0.2, 0.25) is 5.91 Å². The fourth-order valence-corrected chi connectivity index (χ4v) is 3.16. The van der Waals surface area contributed by atoms with E-state index in [-0.39, 0.29) is 12.3 Å². The molecular weight excluding hydrogens is 334 g/mol. The van der Waals surface area contributed by atoms with Crippen LogP contribution in [0, 0.1) is 0 Å². The number of amides is 1. The molecule has 0 atom stereocenters. The van der Waals surface area contributed by atoms with E-state index in [2.05, 4.69) is 25.3 Å². The molecule has 0 saturated carbocycles. The highest BCUT2D eigenvalue weighted by Gasteiger charge is 2.19. The number of anilines is 2. The SMILES string of the molecule is COc1ccc2onc(CC(=O)Nc3cncnc3N3CCCC3)c2c1. The van der Waals surface area contributed by atoms with E-state index in [1.54, 1.807) is 25.4 Å². The summed E-state index contributed by atoms with van der Waals surface area (Å²) in [6.45, 7) is 1.88. The van der Waals surface area contributed by atoms with E-state index in [0.717, 1.165) is 37.1 Å². The van der Waals surface area contributed by atoms with Crippen molar-refractivity contribution in [3.63, 3.8) is 0 Å². The molecule has 1 aromatic carbocycles. The predicted molar refractivity (Wildman–Crippen MR) is 96.4 cm³/mol. The third-order valence-corrected chi connectivity index (χ3v) is 4.45. The quantitative estimate of drug-likeness (QED) is 0.753. The second kappa shape index (κ2) is 6.99. The molecule has 4 rings (SSSR count). The first-order valence-corrected chi connectivity index (χ1v) is 8.51. The van der Waals surface area contributed by atoms with Gasteiger partial charge in [0.15, 0.2) is 11.4 Å². The lowest BCUT2D eigenvalue weighted by atomic mass is 10.1. The van der Waals surface area contributed by atoms with Crippen LogP contribution in [-0.4, -0.2) is 41.2 Å². The Morgan fingerprint density at radius 2 is 2.19 bits per heavy atom. The Hall–Kier alpha value is -3.16. The molecule has 1 aliphatic heterocycles. The van der Waals surface area contributed by atoms with Gasteiger partial charge in [-0.1, -0.05) is 5.16 Å². The molecule has 1 aliphatic rings. The Labute approximate surface area is 150 Å². The minimum atomic E-state index is -0.196. The number of carbonyl (C=O) groups excluding carboxylic acids is 1. The van der Waals surface area contributed by atoms with Crippen LogP contribution in [0.1, 0.15) is 18.5 Å². The molecule has 0 aliphatic carbocycles. The van der Waals surface area contributed by atoms with Crippen LogP contribution in [-0.2, 0) is 11.2 Å². The maximum atomic E-state index is 12.5. The first kappa shape index (κ1) is 16.3. The molecule has 2 aromatic heterocycles. The highest BCUT2D eigenvalue weighted by molar-refractivity contribution is 5.96. The third kappa shape index (κ3) is 3.17. The Kier molecular flexibility index (Phi) is 4.39. The van der Waals surface area contributed by atoms with E-state index in [0.29, 0.717) is 22.7 Å². The maximum absolute atomic E-state index is 12.5. The van der Waals surface area contributed by atoms with Crippen molar-refractivity contribution >= 4 is 28.4 Å². The Morgan fingerprint density at radius 1 is 1.35 bits per heavy atom. The minimum Gasteiger partial charge on any atom is -0.497 e. The van der Waals surface area contributed by atoms with Crippen LogP contribution >= 0.6 is 0 Å². The summed E-state index contributed by atoms with van der Waals surface area (Å²) >= 11 is 0. The Bertz CT molecular complexity index is 933. The summed E-state index contributed by atoms with van der Waals surface area (Å²) < 4.78 is 10.5. The summed E-state index contributed by atoms with van der Waals surface area (Å²) in [7, 11) is 1.59. The molecule has 0 radical (unpaired) electrons. The van der Waals surface area contributed by atoms with Gasteiger partial charge in [-0.3, -0.25) is 4.79 Å². The lowest BCUT2D eigenvalue weighted by Crippen LogP contribution is -2.23. The molecule has 0 unspecified atom stereocenters. The Balaban J connectivity index is 1.53. The molecule has 1 saturated heterocycles. The number of aromatic nitrogens is 3. The molecule has 0 spiro atoms. The monoisotopic (exact) mass is 353 g/mol. The molecule has 3 aromatic rings. The average molecular weight is 353 g/mol. The second-order valence-electron chi connectivity index (χ2n) is 6.17.